The molecule has 0 aromatic rings. The van der Waals surface area contributed by atoms with Crippen LogP contribution in [-0.2, 0) is 17.1 Å². The molecule has 0 aromatic heterocycles. The molecule has 0 rings (SSSR count). The van der Waals surface area contributed by atoms with E-state index in [9.17, 15) is 0 Å². The van der Waals surface area contributed by atoms with Gasteiger partial charge in [-0.05, 0) is 0 Å². The maximum Gasteiger partial charge on any atom is 0 e. The second kappa shape index (κ2) is 33.9. The van der Waals surface area contributed by atoms with E-state index in [2.05, 4.69) is 0 Å². The zero-order valence-corrected chi connectivity index (χ0v) is 4.40. The molecule has 0 aliphatic heterocycles. The number of hydrogen-bond acceptors (Lipinski definition) is 1. The molecule has 0 fully saturated rings. The van der Waals surface area contributed by atoms with E-state index in [-0.39, 0.29) is 48.0 Å². The van der Waals surface area contributed by atoms with Crippen molar-refractivity contribution in [1.82, 2.24) is 6.15 Å². The van der Waals surface area contributed by atoms with Crippen LogP contribution >= 0.6 is 24.8 Å². The van der Waals surface area contributed by atoms with Crippen molar-refractivity contribution < 1.29 is 17.1 Å². The van der Waals surface area contributed by atoms with Crippen LogP contribution in [0.25, 0.3) is 0 Å². The van der Waals surface area contributed by atoms with Crippen molar-refractivity contribution in [2.24, 2.45) is 0 Å². The van der Waals surface area contributed by atoms with E-state index >= 15 is 0 Å². The molecule has 1 nitrogen and oxygen atoms in total. The Hall–Kier alpha value is 1.06. The Kier molecular flexibility index (Phi) is 629. The van der Waals surface area contributed by atoms with Gasteiger partial charge in [0, 0.05) is 17.1 Å². The molecule has 0 unspecified atom stereocenters. The molecule has 1 radical (unpaired) electrons. The van der Waals surface area contributed by atoms with Crippen molar-refractivity contribution in [1.29, 1.82) is 0 Å². The topological polar surface area (TPSA) is 35.0 Å². The van der Waals surface area contributed by atoms with Crippen LogP contribution in [0.2, 0.25) is 0 Å². The molecule has 0 saturated carbocycles. The van der Waals surface area contributed by atoms with Crippen LogP contribution < -0.4 is 6.15 Å². The van der Waals surface area contributed by atoms with Gasteiger partial charge in [0.2, 0.25) is 0 Å². The van der Waals surface area contributed by atoms with Gasteiger partial charge in [0.25, 0.3) is 0 Å². The summed E-state index contributed by atoms with van der Waals surface area (Å²) >= 11 is 0. The molecule has 0 spiro atoms. The summed E-state index contributed by atoms with van der Waals surface area (Å²) < 4.78 is 0. The van der Waals surface area contributed by atoms with Gasteiger partial charge in [0.1, 0.15) is 0 Å². The monoisotopic (exact) mass is 152 g/mol. The normalized spacial score (nSPS) is 0. The van der Waals surface area contributed by atoms with E-state index in [0.29, 0.717) is 0 Å². The number of rotatable bonds is 0. The summed E-state index contributed by atoms with van der Waals surface area (Å²) in [6.07, 6.45) is 0. The summed E-state index contributed by atoms with van der Waals surface area (Å²) in [6.45, 7) is 0. The van der Waals surface area contributed by atoms with Gasteiger partial charge in [0.15, 0.2) is 0 Å². The summed E-state index contributed by atoms with van der Waals surface area (Å²) in [5.74, 6) is 0. The average molecular weight is 153 g/mol. The van der Waals surface area contributed by atoms with Gasteiger partial charge < -0.3 is 6.15 Å². The fourth-order valence-electron chi connectivity index (χ4n) is 0. The van der Waals surface area contributed by atoms with Crippen LogP contribution in [0.1, 0.15) is 0 Å². The van der Waals surface area contributed by atoms with E-state index < -0.39 is 0 Å². The van der Waals surface area contributed by atoms with E-state index in [1.807, 2.05) is 0 Å². The van der Waals surface area contributed by atoms with Crippen LogP contribution in [0.3, 0.4) is 0 Å². The second-order valence-corrected chi connectivity index (χ2v) is 0. The quantitative estimate of drug-likeness (QED) is 0.518. The van der Waals surface area contributed by atoms with Crippen molar-refractivity contribution in [3.63, 3.8) is 0 Å². The average Bonchev–Trinajstić information content (AvgIpc) is 0. The van der Waals surface area contributed by atoms with E-state index in [4.69, 9.17) is 0 Å². The zero-order chi connectivity index (χ0) is 0. The first kappa shape index (κ1) is 74.3. The predicted octanol–water partition coefficient (Wildman–Crippen LogP) is 1.00. The molecule has 0 atom stereocenters. The maximum absolute atomic E-state index is 0. The van der Waals surface area contributed by atoms with Gasteiger partial charge in [0.05, 0.1) is 0 Å². The molecule has 3 N–H and O–H groups in total. The third-order valence-corrected chi connectivity index (χ3v) is 0. The minimum absolute atomic E-state index is 0. The molecule has 35 valence electrons. The van der Waals surface area contributed by atoms with E-state index in [1.165, 1.54) is 0 Å². The van der Waals surface area contributed by atoms with Crippen molar-refractivity contribution in [3.05, 3.63) is 0 Å². The van der Waals surface area contributed by atoms with Crippen LogP contribution in [0.15, 0.2) is 0 Å². The molecule has 0 heterocycles. The molecule has 0 bridgehead atoms. The molecule has 4 heteroatoms. The van der Waals surface area contributed by atoms with Gasteiger partial charge >= 0.3 is 0 Å². The molecular weight excluding hydrogens is 148 g/mol. The van der Waals surface area contributed by atoms with Crippen LogP contribution in [-0.4, -0.2) is 0 Å². The molecule has 0 saturated heterocycles. The number of halogens is 2. The summed E-state index contributed by atoms with van der Waals surface area (Å²) in [5, 5.41) is 0. The van der Waals surface area contributed by atoms with Gasteiger partial charge in [-0.1, -0.05) is 0 Å². The van der Waals surface area contributed by atoms with Crippen LogP contribution in [0.5, 0.6) is 0 Å². The Morgan fingerprint density at radius 1 is 0.750 bits per heavy atom. The fraction of sp³-hybridized carbons (Fsp3) is 0. The molecule has 0 aliphatic rings. The molecule has 0 amide bonds. The van der Waals surface area contributed by atoms with Gasteiger partial charge in [-0.2, -0.15) is 0 Å². The predicted molar refractivity (Wildman–Crippen MR) is 19.5 cm³/mol. The maximum atomic E-state index is 0. The minimum Gasteiger partial charge on any atom is -0.344 e. The first-order chi connectivity index (χ1) is 0. The third-order valence-electron chi connectivity index (χ3n) is 0. The van der Waals surface area contributed by atoms with E-state index in [0.717, 1.165) is 0 Å². The summed E-state index contributed by atoms with van der Waals surface area (Å²) in [6, 6.07) is 0. The van der Waals surface area contributed by atoms with Gasteiger partial charge in [-0.15, -0.1) is 24.8 Å². The summed E-state index contributed by atoms with van der Waals surface area (Å²) in [7, 11) is 0. The molecule has 4 heavy (non-hydrogen) atoms. The van der Waals surface area contributed by atoms with Crippen LogP contribution in [0.4, 0.5) is 0 Å². The standard InChI is InChI=1S/2ClH.Cu.H3N/h2*1H;;1H3. The van der Waals surface area contributed by atoms with Gasteiger partial charge in [-0.25, -0.2) is 0 Å². The fourth-order valence-corrected chi connectivity index (χ4v) is 0. The summed E-state index contributed by atoms with van der Waals surface area (Å²) in [4.78, 5) is 0. The minimum atomic E-state index is 0. The summed E-state index contributed by atoms with van der Waals surface area (Å²) in [5.41, 5.74) is 0. The van der Waals surface area contributed by atoms with Crippen LogP contribution in [0, 0.1) is 0 Å². The Morgan fingerprint density at radius 2 is 0.750 bits per heavy atom. The Morgan fingerprint density at radius 3 is 0.750 bits per heavy atom. The van der Waals surface area contributed by atoms with E-state index in [1.54, 1.807) is 0 Å². The largest absolute Gasteiger partial charge is 0.344 e. The Balaban J connectivity index is 0. The van der Waals surface area contributed by atoms with Gasteiger partial charge in [-0.3, -0.25) is 0 Å². The Bertz CT molecular complexity index is 6.00. The van der Waals surface area contributed by atoms with Crippen molar-refractivity contribution in [2.45, 2.75) is 0 Å². The zero-order valence-electron chi connectivity index (χ0n) is 1.83. The number of hydrogen-bond donors (Lipinski definition) is 1. The third kappa shape index (κ3) is 11.6. The van der Waals surface area contributed by atoms with Crippen molar-refractivity contribution in [3.8, 4) is 0 Å². The molecule has 0 aromatic carbocycles. The van der Waals surface area contributed by atoms with Crippen molar-refractivity contribution in [2.75, 3.05) is 0 Å². The molecular formula is H5Cl2CuN. The first-order valence-electron chi connectivity index (χ1n) is 0. The molecule has 0 aliphatic carbocycles. The van der Waals surface area contributed by atoms with Crippen molar-refractivity contribution >= 4 is 24.8 Å². The second-order valence-electron chi connectivity index (χ2n) is 0. The smallest absolute Gasteiger partial charge is 0 e. The Labute approximate surface area is 48.4 Å². The SMILES string of the molecule is Cl.Cl.N.[Cu]. The first-order valence-corrected chi connectivity index (χ1v) is 0.